The number of alkyl halides is 3. The zero-order valence-corrected chi connectivity index (χ0v) is 17.2. The summed E-state index contributed by atoms with van der Waals surface area (Å²) in [5.74, 6) is 0.500. The minimum atomic E-state index is -5.17. The number of aryl methyl sites for hydroxylation is 1. The van der Waals surface area contributed by atoms with Gasteiger partial charge in [0.05, 0.1) is 7.11 Å². The quantitative estimate of drug-likeness (QED) is 0.550. The number of hydrogen-bond donors (Lipinski definition) is 0. The number of rotatable bonds is 7. The molecule has 0 aliphatic rings. The van der Waals surface area contributed by atoms with Crippen molar-refractivity contribution in [3.63, 3.8) is 0 Å². The third kappa shape index (κ3) is 5.02. The molecule has 1 aromatic carbocycles. The summed E-state index contributed by atoms with van der Waals surface area (Å²) in [5.41, 5.74) is -4.82. The number of hydrogen-bond acceptors (Lipinski definition) is 9. The lowest BCUT2D eigenvalue weighted by Gasteiger charge is -2.21. The highest BCUT2D eigenvalue weighted by atomic mass is 32.2. The van der Waals surface area contributed by atoms with Crippen LogP contribution in [-0.2, 0) is 14.2 Å². The largest absolute Gasteiger partial charge is 0.504 e. The number of halogens is 3. The molecule has 0 aliphatic carbocycles. The fraction of sp³-hybridized carbons (Fsp3) is 0.467. The molecular formula is C15H19F3N6O2S2. The summed E-state index contributed by atoms with van der Waals surface area (Å²) in [6.45, 7) is 6.73. The van der Waals surface area contributed by atoms with Crippen LogP contribution < -0.4 is 4.90 Å². The summed E-state index contributed by atoms with van der Waals surface area (Å²) in [6.07, 6.45) is 0. The first-order valence-electron chi connectivity index (χ1n) is 8.13. The average Bonchev–Trinajstić information content (AvgIpc) is 3.06. The van der Waals surface area contributed by atoms with Crippen LogP contribution in [0, 0.1) is 6.92 Å². The van der Waals surface area contributed by atoms with Crippen LogP contribution in [0.25, 0.3) is 0 Å². The molecule has 1 aromatic heterocycles. The minimum absolute atomic E-state index is 0.00205. The number of benzene rings is 1. The SMILES string of the molecule is CCN(CC)c1ccc(N=Nc2nc(C)ns2)c(N=S(=O)(OC)C(F)(F)F)c1. The molecule has 8 nitrogen and oxygen atoms in total. The Morgan fingerprint density at radius 1 is 1.21 bits per heavy atom. The fourth-order valence-corrected chi connectivity index (χ4v) is 3.47. The van der Waals surface area contributed by atoms with Gasteiger partial charge in [-0.1, -0.05) is 0 Å². The molecule has 2 aromatic rings. The van der Waals surface area contributed by atoms with Gasteiger partial charge in [-0.2, -0.15) is 21.9 Å². The van der Waals surface area contributed by atoms with Gasteiger partial charge in [0, 0.05) is 30.3 Å². The van der Waals surface area contributed by atoms with E-state index < -0.39 is 15.5 Å². The van der Waals surface area contributed by atoms with E-state index in [-0.39, 0.29) is 16.5 Å². The fourth-order valence-electron chi connectivity index (χ4n) is 2.19. The van der Waals surface area contributed by atoms with Gasteiger partial charge in [-0.25, -0.2) is 9.19 Å². The Morgan fingerprint density at radius 3 is 2.39 bits per heavy atom. The van der Waals surface area contributed by atoms with Crippen LogP contribution in [-0.4, -0.2) is 39.3 Å². The van der Waals surface area contributed by atoms with Crippen molar-refractivity contribution in [1.82, 2.24) is 9.36 Å². The lowest BCUT2D eigenvalue weighted by Crippen LogP contribution is -2.24. The molecule has 0 aliphatic heterocycles. The second-order valence-corrected chi connectivity index (χ2v) is 8.01. The molecule has 0 amide bonds. The Hall–Kier alpha value is -2.12. The minimum Gasteiger partial charge on any atom is -0.372 e. The van der Waals surface area contributed by atoms with Gasteiger partial charge < -0.3 is 4.90 Å². The predicted molar refractivity (Wildman–Crippen MR) is 102 cm³/mol. The first-order chi connectivity index (χ1) is 13.1. The molecular weight excluding hydrogens is 417 g/mol. The molecule has 28 heavy (non-hydrogen) atoms. The highest BCUT2D eigenvalue weighted by Gasteiger charge is 2.44. The van der Waals surface area contributed by atoms with Crippen molar-refractivity contribution in [3.8, 4) is 0 Å². The van der Waals surface area contributed by atoms with Gasteiger partial charge in [-0.15, -0.1) is 10.2 Å². The Labute approximate surface area is 165 Å². The normalized spacial score (nSPS) is 14.2. The number of aromatic nitrogens is 2. The van der Waals surface area contributed by atoms with Gasteiger partial charge in [0.25, 0.3) is 10.0 Å². The summed E-state index contributed by atoms with van der Waals surface area (Å²) in [5, 5.41) is 8.02. The third-order valence-electron chi connectivity index (χ3n) is 3.58. The first-order valence-corrected chi connectivity index (χ1v) is 10.3. The van der Waals surface area contributed by atoms with Gasteiger partial charge in [-0.3, -0.25) is 4.18 Å². The van der Waals surface area contributed by atoms with E-state index in [4.69, 9.17) is 0 Å². The summed E-state index contributed by atoms with van der Waals surface area (Å²) in [6, 6.07) is 4.50. The molecule has 0 fully saturated rings. The lowest BCUT2D eigenvalue weighted by molar-refractivity contribution is -0.0482. The predicted octanol–water partition coefficient (Wildman–Crippen LogP) is 5.29. The molecule has 1 unspecified atom stereocenters. The molecule has 0 saturated heterocycles. The molecule has 0 radical (unpaired) electrons. The van der Waals surface area contributed by atoms with Crippen molar-refractivity contribution in [2.75, 3.05) is 25.1 Å². The Morgan fingerprint density at radius 2 is 1.89 bits per heavy atom. The lowest BCUT2D eigenvalue weighted by atomic mass is 10.2. The van der Waals surface area contributed by atoms with Crippen LogP contribution >= 0.6 is 11.5 Å². The summed E-state index contributed by atoms with van der Waals surface area (Å²) in [4.78, 5) is 5.90. The Kier molecular flexibility index (Phi) is 7.06. The van der Waals surface area contributed by atoms with Crippen molar-refractivity contribution in [1.29, 1.82) is 0 Å². The molecule has 1 atom stereocenters. The van der Waals surface area contributed by atoms with Crippen LogP contribution in [0.4, 0.5) is 35.4 Å². The Bertz CT molecular complexity index is 963. The highest BCUT2D eigenvalue weighted by molar-refractivity contribution is 7.90. The smallest absolute Gasteiger partial charge is 0.372 e. The summed E-state index contributed by atoms with van der Waals surface area (Å²) < 4.78 is 63.3. The zero-order valence-electron chi connectivity index (χ0n) is 15.6. The summed E-state index contributed by atoms with van der Waals surface area (Å²) in [7, 11) is -4.28. The van der Waals surface area contributed by atoms with Crippen molar-refractivity contribution < 1.29 is 21.6 Å². The standard InChI is InChI=1S/C15H19F3N6O2S2/c1-5-24(6-2)11-7-8-12(20-21-14-19-10(3)22-27-14)13(9-11)23-28(25,26-4)15(16,17)18/h7-9H,5-6H2,1-4H3. The molecule has 1 heterocycles. The van der Waals surface area contributed by atoms with E-state index in [1.54, 1.807) is 13.0 Å². The van der Waals surface area contributed by atoms with Crippen molar-refractivity contribution >= 4 is 43.7 Å². The van der Waals surface area contributed by atoms with E-state index in [9.17, 15) is 17.4 Å². The maximum atomic E-state index is 13.2. The van der Waals surface area contributed by atoms with Crippen molar-refractivity contribution in [2.24, 2.45) is 14.6 Å². The molecule has 0 saturated carbocycles. The van der Waals surface area contributed by atoms with Crippen LogP contribution in [0.3, 0.4) is 0 Å². The molecule has 13 heteroatoms. The van der Waals surface area contributed by atoms with Crippen LogP contribution in [0.2, 0.25) is 0 Å². The van der Waals surface area contributed by atoms with Crippen LogP contribution in [0.15, 0.2) is 32.8 Å². The topological polar surface area (TPSA) is 92.4 Å². The van der Waals surface area contributed by atoms with Gasteiger partial charge in [0.2, 0.25) is 5.13 Å². The molecule has 154 valence electrons. The maximum absolute atomic E-state index is 13.2. The number of anilines is 1. The monoisotopic (exact) mass is 436 g/mol. The molecule has 0 bridgehead atoms. The van der Waals surface area contributed by atoms with E-state index in [0.717, 1.165) is 11.5 Å². The second kappa shape index (κ2) is 8.92. The van der Waals surface area contributed by atoms with Gasteiger partial charge >= 0.3 is 5.51 Å². The summed E-state index contributed by atoms with van der Waals surface area (Å²) >= 11 is 0.990. The van der Waals surface area contributed by atoms with Gasteiger partial charge in [0.15, 0.2) is 0 Å². The van der Waals surface area contributed by atoms with Crippen molar-refractivity contribution in [2.45, 2.75) is 26.3 Å². The van der Waals surface area contributed by atoms with Crippen molar-refractivity contribution in [3.05, 3.63) is 24.0 Å². The van der Waals surface area contributed by atoms with E-state index in [1.165, 1.54) is 12.1 Å². The highest BCUT2D eigenvalue weighted by Crippen LogP contribution is 2.38. The molecule has 0 N–H and O–H groups in total. The van der Waals surface area contributed by atoms with E-state index in [1.807, 2.05) is 18.7 Å². The zero-order chi connectivity index (χ0) is 20.9. The second-order valence-electron chi connectivity index (χ2n) is 5.35. The van der Waals surface area contributed by atoms with Crippen LogP contribution in [0.5, 0.6) is 0 Å². The number of azo groups is 1. The van der Waals surface area contributed by atoms with E-state index in [2.05, 4.69) is 28.1 Å². The molecule has 2 rings (SSSR count). The van der Waals surface area contributed by atoms with E-state index >= 15 is 0 Å². The average molecular weight is 436 g/mol. The van der Waals surface area contributed by atoms with Gasteiger partial charge in [-0.05, 0) is 39.0 Å². The first kappa shape index (κ1) is 22.2. The maximum Gasteiger partial charge on any atom is 0.504 e. The molecule has 0 spiro atoms. The van der Waals surface area contributed by atoms with Crippen LogP contribution in [0.1, 0.15) is 19.7 Å². The van der Waals surface area contributed by atoms with Gasteiger partial charge in [0.1, 0.15) is 17.2 Å². The third-order valence-corrected chi connectivity index (χ3v) is 5.75. The number of nitrogens with zero attached hydrogens (tertiary/aromatic N) is 6. The van der Waals surface area contributed by atoms with E-state index in [0.29, 0.717) is 31.7 Å². The Balaban J connectivity index is 2.62.